The molecule has 27 heavy (non-hydrogen) atoms. The number of para-hydroxylation sites is 1. The zero-order valence-corrected chi connectivity index (χ0v) is 16.5. The molecule has 0 saturated carbocycles. The van der Waals surface area contributed by atoms with Crippen LogP contribution in [0.25, 0.3) is 0 Å². The topological polar surface area (TPSA) is 58.6 Å². The van der Waals surface area contributed by atoms with E-state index in [4.69, 9.17) is 4.74 Å². The molecule has 0 aromatic heterocycles. The van der Waals surface area contributed by atoms with E-state index in [0.717, 1.165) is 18.5 Å². The van der Waals surface area contributed by atoms with Crippen molar-refractivity contribution < 1.29 is 14.3 Å². The molecule has 2 rings (SSSR count). The lowest BCUT2D eigenvalue weighted by atomic mass is 10.1. The molecule has 2 aromatic carbocycles. The molecule has 0 atom stereocenters. The third kappa shape index (κ3) is 6.44. The predicted molar refractivity (Wildman–Crippen MR) is 109 cm³/mol. The Labute approximate surface area is 161 Å². The van der Waals surface area contributed by atoms with Crippen LogP contribution in [-0.2, 0) is 4.74 Å². The Morgan fingerprint density at radius 1 is 1.00 bits per heavy atom. The summed E-state index contributed by atoms with van der Waals surface area (Å²) in [6.07, 6.45) is 1.42. The van der Waals surface area contributed by atoms with Gasteiger partial charge in [-0.15, -0.1) is 0 Å². The Morgan fingerprint density at radius 3 is 2.19 bits per heavy atom. The highest BCUT2D eigenvalue weighted by molar-refractivity contribution is 6.06. The van der Waals surface area contributed by atoms with Crippen molar-refractivity contribution in [1.82, 2.24) is 0 Å². The maximum atomic E-state index is 13.0. The second-order valence-corrected chi connectivity index (χ2v) is 7.35. The molecule has 0 heterocycles. The normalized spacial score (nSPS) is 11.0. The van der Waals surface area contributed by atoms with Crippen LogP contribution in [0, 0.1) is 0 Å². The van der Waals surface area contributed by atoms with Crippen LogP contribution in [-0.4, -0.2) is 24.1 Å². The largest absolute Gasteiger partial charge is 0.444 e. The molecule has 2 amide bonds. The number of rotatable bonds is 6. The minimum Gasteiger partial charge on any atom is -0.444 e. The molecule has 144 valence electrons. The Balaban J connectivity index is 2.11. The summed E-state index contributed by atoms with van der Waals surface area (Å²) in [7, 11) is 0. The van der Waals surface area contributed by atoms with Crippen LogP contribution < -0.4 is 10.2 Å². The lowest BCUT2D eigenvalue weighted by Crippen LogP contribution is -2.31. The maximum Gasteiger partial charge on any atom is 0.412 e. The van der Waals surface area contributed by atoms with E-state index < -0.39 is 11.7 Å². The van der Waals surface area contributed by atoms with Crippen LogP contribution in [0.5, 0.6) is 0 Å². The van der Waals surface area contributed by atoms with Gasteiger partial charge in [0.15, 0.2) is 0 Å². The fraction of sp³-hybridized carbons (Fsp3) is 0.364. The summed E-state index contributed by atoms with van der Waals surface area (Å²) in [5.41, 5.74) is 1.48. The summed E-state index contributed by atoms with van der Waals surface area (Å²) >= 11 is 0. The Bertz CT molecular complexity index is 749. The van der Waals surface area contributed by atoms with Gasteiger partial charge in [0.25, 0.3) is 5.91 Å². The van der Waals surface area contributed by atoms with Crippen molar-refractivity contribution in [3.05, 3.63) is 60.2 Å². The molecular formula is C22H28N2O3. The lowest BCUT2D eigenvalue weighted by molar-refractivity contribution is 0.0636. The van der Waals surface area contributed by atoms with Gasteiger partial charge in [-0.05, 0) is 63.6 Å². The van der Waals surface area contributed by atoms with E-state index in [1.54, 1.807) is 29.2 Å². The molecule has 5 heteroatoms. The van der Waals surface area contributed by atoms with Crippen molar-refractivity contribution in [2.24, 2.45) is 0 Å². The fourth-order valence-electron chi connectivity index (χ4n) is 2.55. The van der Waals surface area contributed by atoms with E-state index in [1.165, 1.54) is 0 Å². The molecule has 0 fully saturated rings. The number of benzene rings is 2. The second-order valence-electron chi connectivity index (χ2n) is 7.35. The highest BCUT2D eigenvalue weighted by Gasteiger charge is 2.18. The number of ether oxygens (including phenoxy) is 1. The number of nitrogens with one attached hydrogen (secondary N) is 1. The van der Waals surface area contributed by atoms with Gasteiger partial charge in [0.1, 0.15) is 5.60 Å². The first-order valence-corrected chi connectivity index (χ1v) is 9.27. The molecule has 1 N–H and O–H groups in total. The van der Waals surface area contributed by atoms with Gasteiger partial charge >= 0.3 is 6.09 Å². The Kier molecular flexibility index (Phi) is 6.99. The molecule has 0 bridgehead atoms. The van der Waals surface area contributed by atoms with Gasteiger partial charge in [-0.2, -0.15) is 0 Å². The number of carbonyl (C=O) groups is 2. The molecule has 5 nitrogen and oxygen atoms in total. The summed E-state index contributed by atoms with van der Waals surface area (Å²) in [5.74, 6) is -0.0570. The molecule has 0 aliphatic carbocycles. The minimum absolute atomic E-state index is 0.0570. The molecule has 0 saturated heterocycles. The average Bonchev–Trinajstić information content (AvgIpc) is 2.62. The summed E-state index contributed by atoms with van der Waals surface area (Å²) in [5, 5.41) is 2.67. The van der Waals surface area contributed by atoms with Crippen LogP contribution >= 0.6 is 0 Å². The number of hydrogen-bond acceptors (Lipinski definition) is 3. The summed E-state index contributed by atoms with van der Waals surface area (Å²) < 4.78 is 5.23. The van der Waals surface area contributed by atoms with E-state index >= 15 is 0 Å². The van der Waals surface area contributed by atoms with E-state index in [9.17, 15) is 9.59 Å². The van der Waals surface area contributed by atoms with Crippen LogP contribution in [0.3, 0.4) is 0 Å². The standard InChI is InChI=1S/C22H28N2O3/c1-5-6-16-24(19-10-8-7-9-11-19)20(25)17-12-14-18(15-13-17)23-21(26)27-22(2,3)4/h7-15H,5-6,16H2,1-4H3,(H,23,26). The number of carbonyl (C=O) groups excluding carboxylic acids is 2. The van der Waals surface area contributed by atoms with Gasteiger partial charge in [-0.3, -0.25) is 10.1 Å². The summed E-state index contributed by atoms with van der Waals surface area (Å²) in [4.78, 5) is 26.6. The first-order valence-electron chi connectivity index (χ1n) is 9.27. The molecular weight excluding hydrogens is 340 g/mol. The zero-order valence-electron chi connectivity index (χ0n) is 16.5. The smallest absolute Gasteiger partial charge is 0.412 e. The summed E-state index contributed by atoms with van der Waals surface area (Å²) in [6, 6.07) is 16.5. The maximum absolute atomic E-state index is 13.0. The molecule has 0 aliphatic heterocycles. The van der Waals surface area contributed by atoms with Gasteiger partial charge < -0.3 is 9.64 Å². The van der Waals surface area contributed by atoms with Crippen molar-refractivity contribution in [3.8, 4) is 0 Å². The first-order chi connectivity index (χ1) is 12.8. The third-order valence-corrected chi connectivity index (χ3v) is 3.83. The Morgan fingerprint density at radius 2 is 1.63 bits per heavy atom. The van der Waals surface area contributed by atoms with E-state index in [-0.39, 0.29) is 5.91 Å². The van der Waals surface area contributed by atoms with Gasteiger partial charge in [0.05, 0.1) is 0 Å². The number of hydrogen-bond donors (Lipinski definition) is 1. The number of nitrogens with zero attached hydrogens (tertiary/aromatic N) is 1. The van der Waals surface area contributed by atoms with Crippen LogP contribution in [0.2, 0.25) is 0 Å². The van der Waals surface area contributed by atoms with Crippen molar-refractivity contribution in [1.29, 1.82) is 0 Å². The van der Waals surface area contributed by atoms with Crippen molar-refractivity contribution in [2.75, 3.05) is 16.8 Å². The summed E-state index contributed by atoms with van der Waals surface area (Å²) in [6.45, 7) is 8.19. The van der Waals surface area contributed by atoms with Gasteiger partial charge in [0, 0.05) is 23.5 Å². The SMILES string of the molecule is CCCCN(C(=O)c1ccc(NC(=O)OC(C)(C)C)cc1)c1ccccc1. The van der Waals surface area contributed by atoms with Crippen LogP contribution in [0.1, 0.15) is 50.9 Å². The Hall–Kier alpha value is -2.82. The zero-order chi connectivity index (χ0) is 19.9. The predicted octanol–water partition coefficient (Wildman–Crippen LogP) is 5.48. The van der Waals surface area contributed by atoms with Gasteiger partial charge in [-0.25, -0.2) is 4.79 Å². The van der Waals surface area contributed by atoms with E-state index in [1.807, 2.05) is 51.1 Å². The number of unbranched alkanes of at least 4 members (excludes halogenated alkanes) is 1. The van der Waals surface area contributed by atoms with Gasteiger partial charge in [0.2, 0.25) is 0 Å². The first kappa shape index (κ1) is 20.5. The molecule has 0 spiro atoms. The van der Waals surface area contributed by atoms with Gasteiger partial charge in [-0.1, -0.05) is 31.5 Å². The molecule has 0 radical (unpaired) electrons. The fourth-order valence-corrected chi connectivity index (χ4v) is 2.55. The lowest BCUT2D eigenvalue weighted by Gasteiger charge is -2.23. The molecule has 2 aromatic rings. The molecule has 0 unspecified atom stereocenters. The van der Waals surface area contributed by atoms with Crippen LogP contribution in [0.4, 0.5) is 16.2 Å². The number of anilines is 2. The van der Waals surface area contributed by atoms with E-state index in [0.29, 0.717) is 17.8 Å². The number of amides is 2. The second kappa shape index (κ2) is 9.21. The van der Waals surface area contributed by atoms with E-state index in [2.05, 4.69) is 12.2 Å². The van der Waals surface area contributed by atoms with Crippen molar-refractivity contribution >= 4 is 23.4 Å². The van der Waals surface area contributed by atoms with Crippen molar-refractivity contribution in [2.45, 2.75) is 46.1 Å². The average molecular weight is 368 g/mol. The quantitative estimate of drug-likeness (QED) is 0.734. The highest BCUT2D eigenvalue weighted by atomic mass is 16.6. The van der Waals surface area contributed by atoms with Crippen molar-refractivity contribution in [3.63, 3.8) is 0 Å². The molecule has 0 aliphatic rings. The minimum atomic E-state index is -0.560. The van der Waals surface area contributed by atoms with Crippen LogP contribution in [0.15, 0.2) is 54.6 Å². The monoisotopic (exact) mass is 368 g/mol. The highest BCUT2D eigenvalue weighted by Crippen LogP contribution is 2.19. The third-order valence-electron chi connectivity index (χ3n) is 3.83.